The smallest absolute Gasteiger partial charge is 0.271 e. The van der Waals surface area contributed by atoms with E-state index in [1.165, 1.54) is 23.1 Å². The van der Waals surface area contributed by atoms with Gasteiger partial charge in [-0.2, -0.15) is 0 Å². The monoisotopic (exact) mass is 526 g/mol. The molecular weight excluding hydrogens is 512 g/mol. The van der Waals surface area contributed by atoms with Gasteiger partial charge in [-0.3, -0.25) is 19.8 Å². The van der Waals surface area contributed by atoms with Crippen molar-refractivity contribution in [1.82, 2.24) is 0 Å². The Morgan fingerprint density at radius 2 is 1.88 bits per heavy atom. The topological polar surface area (TPSA) is 72.7 Å². The van der Waals surface area contributed by atoms with Crippen LogP contribution in [0, 0.1) is 10.1 Å². The van der Waals surface area contributed by atoms with Gasteiger partial charge in [0.2, 0.25) is 0 Å². The Kier molecular flexibility index (Phi) is 6.69. The zero-order chi connectivity index (χ0) is 22.7. The van der Waals surface area contributed by atoms with E-state index in [1.54, 1.807) is 12.1 Å². The summed E-state index contributed by atoms with van der Waals surface area (Å²) in [5.41, 5.74) is 2.13. The number of nitro benzene ring substituents is 1. The van der Waals surface area contributed by atoms with E-state index in [9.17, 15) is 14.9 Å². The molecule has 1 fully saturated rings. The van der Waals surface area contributed by atoms with Gasteiger partial charge in [-0.1, -0.05) is 66.4 Å². The molecule has 0 aromatic heterocycles. The minimum atomic E-state index is -0.504. The first-order chi connectivity index (χ1) is 15.4. The van der Waals surface area contributed by atoms with Gasteiger partial charge in [-0.25, -0.2) is 0 Å². The predicted molar refractivity (Wildman–Crippen MR) is 134 cm³/mol. The van der Waals surface area contributed by atoms with Crippen LogP contribution in [0.5, 0.6) is 5.75 Å². The van der Waals surface area contributed by atoms with E-state index < -0.39 is 4.92 Å². The third-order valence-corrected chi connectivity index (χ3v) is 6.51. The number of carbonyl (C=O) groups is 1. The minimum absolute atomic E-state index is 0.101. The summed E-state index contributed by atoms with van der Waals surface area (Å²) in [5, 5.41) is 11.1. The molecule has 6 nitrogen and oxygen atoms in total. The number of hydrogen-bond acceptors (Lipinski definition) is 6. The third-order valence-electron chi connectivity index (χ3n) is 4.58. The molecule has 1 amide bonds. The Labute approximate surface area is 202 Å². The van der Waals surface area contributed by atoms with Crippen molar-refractivity contribution in [3.63, 3.8) is 0 Å². The molecule has 1 aliphatic rings. The van der Waals surface area contributed by atoms with Crippen molar-refractivity contribution in [2.75, 3.05) is 4.90 Å². The van der Waals surface area contributed by atoms with E-state index >= 15 is 0 Å². The molecule has 3 aromatic carbocycles. The van der Waals surface area contributed by atoms with Crippen LogP contribution in [-0.4, -0.2) is 15.2 Å². The number of hydrogen-bond donors (Lipinski definition) is 0. The van der Waals surface area contributed by atoms with Crippen LogP contribution in [-0.2, 0) is 11.4 Å². The number of nitrogens with zero attached hydrogens (tertiary/aromatic N) is 2. The lowest BCUT2D eigenvalue weighted by Gasteiger charge is -2.14. The average Bonchev–Trinajstić information content (AvgIpc) is 3.06. The van der Waals surface area contributed by atoms with E-state index in [1.807, 2.05) is 48.5 Å². The molecule has 160 valence electrons. The highest BCUT2D eigenvalue weighted by molar-refractivity contribution is 9.10. The van der Waals surface area contributed by atoms with Crippen LogP contribution in [0.3, 0.4) is 0 Å². The predicted octanol–water partition coefficient (Wildman–Crippen LogP) is 6.34. The SMILES string of the molecule is O=C1/C(=C/c2ccc(OCc3ccccc3)c(Br)c2)SC(=S)N1c1cccc([N+](=O)[O-])c1. The molecule has 9 heteroatoms. The highest BCUT2D eigenvalue weighted by Gasteiger charge is 2.34. The minimum Gasteiger partial charge on any atom is -0.488 e. The van der Waals surface area contributed by atoms with Crippen molar-refractivity contribution in [3.8, 4) is 5.75 Å². The number of anilines is 1. The molecule has 3 aromatic rings. The highest BCUT2D eigenvalue weighted by Crippen LogP contribution is 2.37. The third kappa shape index (κ3) is 4.90. The Bertz CT molecular complexity index is 1250. The van der Waals surface area contributed by atoms with Gasteiger partial charge < -0.3 is 4.74 Å². The lowest BCUT2D eigenvalue weighted by molar-refractivity contribution is -0.384. The lowest BCUT2D eigenvalue weighted by atomic mass is 10.2. The number of benzene rings is 3. The summed E-state index contributed by atoms with van der Waals surface area (Å²) in [6.07, 6.45) is 1.74. The van der Waals surface area contributed by atoms with Gasteiger partial charge in [0.05, 0.1) is 20.0 Å². The fourth-order valence-electron chi connectivity index (χ4n) is 3.05. The molecule has 0 radical (unpaired) electrons. The van der Waals surface area contributed by atoms with E-state index in [4.69, 9.17) is 17.0 Å². The Morgan fingerprint density at radius 1 is 1.09 bits per heavy atom. The number of thioether (sulfide) groups is 1. The zero-order valence-electron chi connectivity index (χ0n) is 16.4. The van der Waals surface area contributed by atoms with E-state index in [-0.39, 0.29) is 11.6 Å². The second kappa shape index (κ2) is 9.64. The summed E-state index contributed by atoms with van der Waals surface area (Å²) < 4.78 is 6.95. The molecule has 1 heterocycles. The Hall–Kier alpha value is -3.01. The number of carbonyl (C=O) groups excluding carboxylic acids is 1. The summed E-state index contributed by atoms with van der Waals surface area (Å²) in [4.78, 5) is 25.3. The quantitative estimate of drug-likeness (QED) is 0.161. The molecule has 1 saturated heterocycles. The first kappa shape index (κ1) is 22.2. The molecule has 0 saturated carbocycles. The van der Waals surface area contributed by atoms with Gasteiger partial charge >= 0.3 is 0 Å². The molecule has 1 aliphatic heterocycles. The van der Waals surface area contributed by atoms with Gasteiger partial charge in [0, 0.05) is 12.1 Å². The fourth-order valence-corrected chi connectivity index (χ4v) is 4.86. The van der Waals surface area contributed by atoms with Crippen LogP contribution in [0.1, 0.15) is 11.1 Å². The summed E-state index contributed by atoms with van der Waals surface area (Å²) in [6.45, 7) is 0.445. The normalized spacial score (nSPS) is 14.8. The summed E-state index contributed by atoms with van der Waals surface area (Å²) in [7, 11) is 0. The molecule has 0 spiro atoms. The number of rotatable bonds is 6. The first-order valence-corrected chi connectivity index (χ1v) is 11.4. The number of ether oxygens (including phenoxy) is 1. The molecule has 0 unspecified atom stereocenters. The van der Waals surface area contributed by atoms with E-state index in [0.717, 1.165) is 27.4 Å². The van der Waals surface area contributed by atoms with Crippen molar-refractivity contribution in [2.45, 2.75) is 6.61 Å². The van der Waals surface area contributed by atoms with E-state index in [2.05, 4.69) is 15.9 Å². The van der Waals surface area contributed by atoms with Gasteiger partial charge in [-0.05, 0) is 51.3 Å². The van der Waals surface area contributed by atoms with Crippen LogP contribution in [0.4, 0.5) is 11.4 Å². The maximum Gasteiger partial charge on any atom is 0.271 e. The summed E-state index contributed by atoms with van der Waals surface area (Å²) >= 11 is 10.0. The zero-order valence-corrected chi connectivity index (χ0v) is 19.7. The molecule has 4 rings (SSSR count). The fraction of sp³-hybridized carbons (Fsp3) is 0.0435. The van der Waals surface area contributed by atoms with Crippen molar-refractivity contribution >= 4 is 67.6 Å². The van der Waals surface area contributed by atoms with Gasteiger partial charge in [0.25, 0.3) is 11.6 Å². The van der Waals surface area contributed by atoms with Crippen LogP contribution in [0.15, 0.2) is 82.2 Å². The molecule has 0 aliphatic carbocycles. The summed E-state index contributed by atoms with van der Waals surface area (Å²) in [5.74, 6) is 0.371. The van der Waals surface area contributed by atoms with Crippen molar-refractivity contribution in [1.29, 1.82) is 0 Å². The van der Waals surface area contributed by atoms with Crippen LogP contribution >= 0.6 is 39.9 Å². The van der Waals surface area contributed by atoms with Crippen LogP contribution in [0.25, 0.3) is 6.08 Å². The summed E-state index contributed by atoms with van der Waals surface area (Å²) in [6, 6.07) is 21.3. The van der Waals surface area contributed by atoms with Gasteiger partial charge in [0.15, 0.2) is 4.32 Å². The molecular formula is C23H15BrN2O4S2. The standard InChI is InChI=1S/C23H15BrN2O4S2/c24-19-11-16(9-10-20(19)30-14-15-5-2-1-3-6-15)12-21-22(27)25(23(31)32-21)17-7-4-8-18(13-17)26(28)29/h1-13H,14H2/b21-12-. The number of nitro groups is 1. The molecule has 32 heavy (non-hydrogen) atoms. The number of thiocarbonyl (C=S) groups is 1. The second-order valence-corrected chi connectivity index (χ2v) is 9.29. The van der Waals surface area contributed by atoms with Crippen molar-refractivity contribution < 1.29 is 14.5 Å². The molecule has 0 atom stereocenters. The maximum absolute atomic E-state index is 13.0. The van der Waals surface area contributed by atoms with Crippen molar-refractivity contribution in [2.24, 2.45) is 0 Å². The first-order valence-electron chi connectivity index (χ1n) is 9.41. The van der Waals surface area contributed by atoms with Crippen LogP contribution < -0.4 is 9.64 Å². The molecule has 0 N–H and O–H groups in total. The van der Waals surface area contributed by atoms with Gasteiger partial charge in [0.1, 0.15) is 12.4 Å². The average molecular weight is 527 g/mol. The van der Waals surface area contributed by atoms with E-state index in [0.29, 0.717) is 27.3 Å². The maximum atomic E-state index is 13.0. The number of non-ortho nitro benzene ring substituents is 1. The Morgan fingerprint density at radius 3 is 2.59 bits per heavy atom. The Balaban J connectivity index is 1.52. The second-order valence-electron chi connectivity index (χ2n) is 6.76. The number of halogens is 1. The largest absolute Gasteiger partial charge is 0.488 e. The van der Waals surface area contributed by atoms with Crippen LogP contribution in [0.2, 0.25) is 0 Å². The number of amides is 1. The molecule has 0 bridgehead atoms. The van der Waals surface area contributed by atoms with Gasteiger partial charge in [-0.15, -0.1) is 0 Å². The van der Waals surface area contributed by atoms with Crippen molar-refractivity contribution in [3.05, 3.63) is 103 Å². The highest BCUT2D eigenvalue weighted by atomic mass is 79.9. The lowest BCUT2D eigenvalue weighted by Crippen LogP contribution is -2.27.